The van der Waals surface area contributed by atoms with E-state index in [9.17, 15) is 9.59 Å². The molecular formula is C22H25N5O4S. The molecule has 0 saturated carbocycles. The first-order chi connectivity index (χ1) is 15.5. The van der Waals surface area contributed by atoms with Gasteiger partial charge in [-0.2, -0.15) is 0 Å². The number of unbranched alkanes of at least 4 members (excludes halogenated alkanes) is 1. The van der Waals surface area contributed by atoms with E-state index >= 15 is 0 Å². The monoisotopic (exact) mass is 455 g/mol. The number of thioether (sulfide) groups is 1. The Balaban J connectivity index is 1.55. The summed E-state index contributed by atoms with van der Waals surface area (Å²) in [5.41, 5.74) is 1.72. The molecule has 0 aliphatic heterocycles. The SMILES string of the molecule is CCCCOC(=O)c1ccc(NC(=O)CSc2nnc(-c3ccccc3OC)n2N)cc1. The van der Waals surface area contributed by atoms with Crippen LogP contribution in [0.1, 0.15) is 30.1 Å². The van der Waals surface area contributed by atoms with Gasteiger partial charge in [0.15, 0.2) is 5.82 Å². The minimum absolute atomic E-state index is 0.0854. The van der Waals surface area contributed by atoms with Crippen LogP contribution in [0, 0.1) is 0 Å². The average molecular weight is 456 g/mol. The van der Waals surface area contributed by atoms with E-state index in [-0.39, 0.29) is 17.6 Å². The first-order valence-corrected chi connectivity index (χ1v) is 11.1. The summed E-state index contributed by atoms with van der Waals surface area (Å²) in [4.78, 5) is 24.3. The molecule has 168 valence electrons. The van der Waals surface area contributed by atoms with Gasteiger partial charge >= 0.3 is 5.97 Å². The minimum atomic E-state index is -0.375. The predicted molar refractivity (Wildman–Crippen MR) is 123 cm³/mol. The molecule has 0 fully saturated rings. The fraction of sp³-hybridized carbons (Fsp3) is 0.273. The second-order valence-electron chi connectivity index (χ2n) is 6.78. The topological polar surface area (TPSA) is 121 Å². The maximum atomic E-state index is 12.3. The molecule has 3 rings (SSSR count). The van der Waals surface area contributed by atoms with Crippen molar-refractivity contribution in [3.63, 3.8) is 0 Å². The van der Waals surface area contributed by atoms with Crippen molar-refractivity contribution in [2.24, 2.45) is 0 Å². The van der Waals surface area contributed by atoms with Gasteiger partial charge in [-0.3, -0.25) is 4.79 Å². The van der Waals surface area contributed by atoms with Gasteiger partial charge in [0.05, 0.1) is 30.6 Å². The summed E-state index contributed by atoms with van der Waals surface area (Å²) in [5, 5.41) is 11.4. The summed E-state index contributed by atoms with van der Waals surface area (Å²) in [5.74, 6) is 6.66. The second-order valence-corrected chi connectivity index (χ2v) is 7.72. The highest BCUT2D eigenvalue weighted by molar-refractivity contribution is 7.99. The Hall–Kier alpha value is -3.53. The fourth-order valence-corrected chi connectivity index (χ4v) is 3.45. The molecule has 1 amide bonds. The third-order valence-corrected chi connectivity index (χ3v) is 5.42. The zero-order chi connectivity index (χ0) is 22.9. The molecule has 1 aromatic heterocycles. The number of nitrogen functional groups attached to an aromatic ring is 1. The zero-order valence-corrected chi connectivity index (χ0v) is 18.7. The predicted octanol–water partition coefficient (Wildman–Crippen LogP) is 3.36. The highest BCUT2D eigenvalue weighted by Gasteiger charge is 2.17. The normalized spacial score (nSPS) is 10.6. The Kier molecular flexibility index (Phi) is 8.09. The molecule has 3 aromatic rings. The number of carbonyl (C=O) groups is 2. The minimum Gasteiger partial charge on any atom is -0.496 e. The maximum absolute atomic E-state index is 12.3. The van der Waals surface area contributed by atoms with Gasteiger partial charge in [0.1, 0.15) is 5.75 Å². The number of ether oxygens (including phenoxy) is 2. The summed E-state index contributed by atoms with van der Waals surface area (Å²) < 4.78 is 11.8. The van der Waals surface area contributed by atoms with E-state index in [1.807, 2.05) is 25.1 Å². The number of nitrogens with one attached hydrogen (secondary N) is 1. The van der Waals surface area contributed by atoms with Crippen LogP contribution in [-0.4, -0.2) is 46.2 Å². The standard InChI is InChI=1S/C22H25N5O4S/c1-3-4-13-31-21(29)15-9-11-16(12-10-15)24-19(28)14-32-22-26-25-20(27(22)23)17-7-5-6-8-18(17)30-2/h5-12H,3-4,13-14,23H2,1-2H3,(H,24,28). The van der Waals surface area contributed by atoms with Gasteiger partial charge in [0, 0.05) is 5.69 Å². The fourth-order valence-electron chi connectivity index (χ4n) is 2.80. The summed E-state index contributed by atoms with van der Waals surface area (Å²) in [6.45, 7) is 2.43. The van der Waals surface area contributed by atoms with E-state index in [0.29, 0.717) is 40.2 Å². The smallest absolute Gasteiger partial charge is 0.338 e. The Labute approximate surface area is 190 Å². The number of aromatic nitrogens is 3. The van der Waals surface area contributed by atoms with Crippen LogP contribution in [0.3, 0.4) is 0 Å². The molecule has 0 aliphatic rings. The number of methoxy groups -OCH3 is 1. The van der Waals surface area contributed by atoms with Crippen molar-refractivity contribution in [3.8, 4) is 17.1 Å². The van der Waals surface area contributed by atoms with Gasteiger partial charge < -0.3 is 20.6 Å². The molecular weight excluding hydrogens is 430 g/mol. The molecule has 0 atom stereocenters. The van der Waals surface area contributed by atoms with E-state index in [1.165, 1.54) is 4.68 Å². The molecule has 0 spiro atoms. The quantitative estimate of drug-likeness (QED) is 0.207. The van der Waals surface area contributed by atoms with E-state index < -0.39 is 0 Å². The van der Waals surface area contributed by atoms with Crippen molar-refractivity contribution < 1.29 is 19.1 Å². The number of nitrogens with two attached hydrogens (primary N) is 1. The summed E-state index contributed by atoms with van der Waals surface area (Å²) in [7, 11) is 1.57. The molecule has 1 heterocycles. The lowest BCUT2D eigenvalue weighted by atomic mass is 10.2. The number of hydrogen-bond acceptors (Lipinski definition) is 8. The van der Waals surface area contributed by atoms with Crippen LogP contribution in [0.5, 0.6) is 5.75 Å². The van der Waals surface area contributed by atoms with Gasteiger partial charge in [0.2, 0.25) is 11.1 Å². The van der Waals surface area contributed by atoms with Crippen molar-refractivity contribution >= 4 is 29.3 Å². The number of benzene rings is 2. The van der Waals surface area contributed by atoms with Crippen LogP contribution in [0.15, 0.2) is 53.7 Å². The van der Waals surface area contributed by atoms with E-state index in [0.717, 1.165) is 24.6 Å². The van der Waals surface area contributed by atoms with E-state index in [2.05, 4.69) is 15.5 Å². The number of anilines is 1. The lowest BCUT2D eigenvalue weighted by molar-refractivity contribution is -0.113. The molecule has 32 heavy (non-hydrogen) atoms. The maximum Gasteiger partial charge on any atom is 0.338 e. The summed E-state index contributed by atoms with van der Waals surface area (Å²) >= 11 is 1.16. The first kappa shape index (κ1) is 23.1. The molecule has 0 unspecified atom stereocenters. The third kappa shape index (κ3) is 5.79. The molecule has 0 saturated heterocycles. The lowest BCUT2D eigenvalue weighted by Crippen LogP contribution is -2.16. The number of hydrogen-bond donors (Lipinski definition) is 2. The van der Waals surface area contributed by atoms with Gasteiger partial charge in [-0.1, -0.05) is 37.2 Å². The van der Waals surface area contributed by atoms with Crippen molar-refractivity contribution in [1.82, 2.24) is 14.9 Å². The molecule has 2 aromatic carbocycles. The Morgan fingerprint density at radius 2 is 1.88 bits per heavy atom. The van der Waals surface area contributed by atoms with Gasteiger partial charge in [0.25, 0.3) is 0 Å². The number of para-hydroxylation sites is 1. The molecule has 3 N–H and O–H groups in total. The Bertz CT molecular complexity index is 1070. The van der Waals surface area contributed by atoms with Gasteiger partial charge in [-0.25, -0.2) is 9.47 Å². The molecule has 0 aliphatic carbocycles. The Morgan fingerprint density at radius 3 is 2.59 bits per heavy atom. The summed E-state index contributed by atoms with van der Waals surface area (Å²) in [6, 6.07) is 13.9. The molecule has 10 heteroatoms. The molecule has 0 radical (unpaired) electrons. The number of rotatable bonds is 10. The van der Waals surface area contributed by atoms with Gasteiger partial charge in [-0.05, 0) is 42.8 Å². The van der Waals surface area contributed by atoms with Crippen molar-refractivity contribution in [2.75, 3.05) is 30.6 Å². The Morgan fingerprint density at radius 1 is 1.12 bits per heavy atom. The van der Waals surface area contributed by atoms with Gasteiger partial charge in [-0.15, -0.1) is 10.2 Å². The third-order valence-electron chi connectivity index (χ3n) is 4.48. The lowest BCUT2D eigenvalue weighted by Gasteiger charge is -2.08. The number of carbonyl (C=O) groups excluding carboxylic acids is 2. The van der Waals surface area contributed by atoms with Crippen LogP contribution < -0.4 is 15.9 Å². The van der Waals surface area contributed by atoms with Crippen molar-refractivity contribution in [3.05, 3.63) is 54.1 Å². The van der Waals surface area contributed by atoms with Crippen LogP contribution in [0.25, 0.3) is 11.4 Å². The highest BCUT2D eigenvalue weighted by Crippen LogP contribution is 2.29. The average Bonchev–Trinajstić information content (AvgIpc) is 3.18. The largest absolute Gasteiger partial charge is 0.496 e. The van der Waals surface area contributed by atoms with Crippen molar-refractivity contribution in [1.29, 1.82) is 0 Å². The molecule has 0 bridgehead atoms. The zero-order valence-electron chi connectivity index (χ0n) is 17.9. The number of amides is 1. The van der Waals surface area contributed by atoms with Crippen molar-refractivity contribution in [2.45, 2.75) is 24.9 Å². The van der Waals surface area contributed by atoms with Crippen LogP contribution in [0.2, 0.25) is 0 Å². The van der Waals surface area contributed by atoms with Crippen LogP contribution in [-0.2, 0) is 9.53 Å². The second kappa shape index (κ2) is 11.2. The number of esters is 1. The van der Waals surface area contributed by atoms with E-state index in [1.54, 1.807) is 37.4 Å². The van der Waals surface area contributed by atoms with E-state index in [4.69, 9.17) is 15.3 Å². The van der Waals surface area contributed by atoms with Crippen LogP contribution >= 0.6 is 11.8 Å². The summed E-state index contributed by atoms with van der Waals surface area (Å²) in [6.07, 6.45) is 1.78. The number of nitrogens with zero attached hydrogens (tertiary/aromatic N) is 3. The first-order valence-electron chi connectivity index (χ1n) is 10.1. The molecule has 9 nitrogen and oxygen atoms in total. The van der Waals surface area contributed by atoms with Crippen LogP contribution in [0.4, 0.5) is 5.69 Å². The highest BCUT2D eigenvalue weighted by atomic mass is 32.2.